The number of ether oxygens (including phenoxy) is 4. The third kappa shape index (κ3) is 5.20. The molecule has 0 aliphatic heterocycles. The van der Waals surface area contributed by atoms with Gasteiger partial charge in [0, 0.05) is 0 Å². The van der Waals surface area contributed by atoms with E-state index in [4.69, 9.17) is 18.9 Å². The van der Waals surface area contributed by atoms with Crippen molar-refractivity contribution in [3.8, 4) is 11.5 Å². The van der Waals surface area contributed by atoms with Gasteiger partial charge in [-0.3, -0.25) is 0 Å². The minimum Gasteiger partial charge on any atom is -0.490 e. The molecule has 5 nitrogen and oxygen atoms in total. The average Bonchev–Trinajstić information content (AvgIpc) is 2.79. The van der Waals surface area contributed by atoms with E-state index >= 15 is 0 Å². The number of rotatable bonds is 8. The Morgan fingerprint density at radius 2 is 0.967 bits per heavy atom. The lowest BCUT2D eigenvalue weighted by Gasteiger charge is -2.10. The Kier molecular flexibility index (Phi) is 6.30. The molecule has 0 radical (unpaired) electrons. The molecule has 0 unspecified atom stereocenters. The predicted octanol–water partition coefficient (Wildman–Crippen LogP) is 5.60. The Balaban J connectivity index is 1.12. The third-order valence-corrected chi connectivity index (χ3v) is 4.59. The first-order valence-electron chi connectivity index (χ1n) is 9.81. The number of fused-ring (bicyclic) bond motifs is 2. The highest BCUT2D eigenvalue weighted by atomic mass is 16.7. The van der Waals surface area contributed by atoms with Crippen LogP contribution in [0.15, 0.2) is 84.9 Å². The summed E-state index contributed by atoms with van der Waals surface area (Å²) in [6.45, 7) is 0.719. The third-order valence-electron chi connectivity index (χ3n) is 4.59. The van der Waals surface area contributed by atoms with Crippen molar-refractivity contribution in [3.63, 3.8) is 0 Å². The van der Waals surface area contributed by atoms with Gasteiger partial charge in [0.25, 0.3) is 0 Å². The maximum absolute atomic E-state index is 11.7. The highest BCUT2D eigenvalue weighted by Gasteiger charge is 2.05. The molecular formula is C25H22O5. The fraction of sp³-hybridized carbons (Fsp3) is 0.160. The zero-order valence-electron chi connectivity index (χ0n) is 16.5. The second kappa shape index (κ2) is 9.65. The molecule has 0 N–H and O–H groups in total. The molecule has 0 spiro atoms. The number of hydrogen-bond acceptors (Lipinski definition) is 5. The summed E-state index contributed by atoms with van der Waals surface area (Å²) in [7, 11) is 0. The van der Waals surface area contributed by atoms with Crippen molar-refractivity contribution in [1.29, 1.82) is 0 Å². The summed E-state index contributed by atoms with van der Waals surface area (Å²) in [4.78, 5) is 11.7. The standard InChI is InChI=1S/C25H22O5/c26-25(29-15-13-27-23-11-9-19-5-1-3-7-21(19)17-23)30-16-14-28-24-12-10-20-6-2-4-8-22(20)18-24/h1-12,17-18H,13-16H2. The SMILES string of the molecule is O=C(OCCOc1ccc2ccccc2c1)OCCOc1ccc2ccccc2c1. The fourth-order valence-corrected chi connectivity index (χ4v) is 3.13. The quantitative estimate of drug-likeness (QED) is 0.283. The van der Waals surface area contributed by atoms with Crippen LogP contribution >= 0.6 is 0 Å². The molecule has 5 heteroatoms. The molecule has 4 rings (SSSR count). The lowest BCUT2D eigenvalue weighted by Crippen LogP contribution is -2.16. The molecule has 4 aromatic rings. The topological polar surface area (TPSA) is 54.0 Å². The lowest BCUT2D eigenvalue weighted by molar-refractivity contribution is 0.0383. The summed E-state index contributed by atoms with van der Waals surface area (Å²) in [5.41, 5.74) is 0. The second-order valence-corrected chi connectivity index (χ2v) is 6.66. The van der Waals surface area contributed by atoms with Gasteiger partial charge in [-0.15, -0.1) is 0 Å². The molecule has 0 fully saturated rings. The first-order valence-corrected chi connectivity index (χ1v) is 9.81. The molecule has 0 amide bonds. The van der Waals surface area contributed by atoms with Gasteiger partial charge in [-0.05, 0) is 45.8 Å². The van der Waals surface area contributed by atoms with Crippen molar-refractivity contribution in [3.05, 3.63) is 84.9 Å². The maximum atomic E-state index is 11.7. The summed E-state index contributed by atoms with van der Waals surface area (Å²) in [5, 5.41) is 4.50. The van der Waals surface area contributed by atoms with E-state index in [9.17, 15) is 4.79 Å². The molecule has 0 aromatic heterocycles. The summed E-state index contributed by atoms with van der Waals surface area (Å²) < 4.78 is 21.3. The van der Waals surface area contributed by atoms with Gasteiger partial charge in [0.05, 0.1) is 0 Å². The monoisotopic (exact) mass is 402 g/mol. The molecule has 152 valence electrons. The summed E-state index contributed by atoms with van der Waals surface area (Å²) in [6, 6.07) is 27.8. The van der Waals surface area contributed by atoms with Gasteiger partial charge in [-0.2, -0.15) is 0 Å². The summed E-state index contributed by atoms with van der Waals surface area (Å²) in [5.74, 6) is 1.46. The molecule has 0 bridgehead atoms. The van der Waals surface area contributed by atoms with Crippen LogP contribution in [0.3, 0.4) is 0 Å². The van der Waals surface area contributed by atoms with Crippen LogP contribution in [-0.2, 0) is 9.47 Å². The van der Waals surface area contributed by atoms with Gasteiger partial charge in [-0.1, -0.05) is 60.7 Å². The Hall–Kier alpha value is -3.73. The highest BCUT2D eigenvalue weighted by Crippen LogP contribution is 2.21. The number of carbonyl (C=O) groups excluding carboxylic acids is 1. The smallest absolute Gasteiger partial charge is 0.490 e. The molecule has 0 aliphatic carbocycles. The van der Waals surface area contributed by atoms with Crippen LogP contribution in [0.5, 0.6) is 11.5 Å². The van der Waals surface area contributed by atoms with Crippen LogP contribution in [0.25, 0.3) is 21.5 Å². The van der Waals surface area contributed by atoms with E-state index in [-0.39, 0.29) is 26.4 Å². The fourth-order valence-electron chi connectivity index (χ4n) is 3.13. The van der Waals surface area contributed by atoms with Gasteiger partial charge in [0.1, 0.15) is 37.9 Å². The molecule has 30 heavy (non-hydrogen) atoms. The van der Waals surface area contributed by atoms with E-state index in [1.165, 1.54) is 0 Å². The van der Waals surface area contributed by atoms with Gasteiger partial charge >= 0.3 is 6.16 Å². The first-order chi connectivity index (χ1) is 14.8. The van der Waals surface area contributed by atoms with Crippen LogP contribution in [0.1, 0.15) is 0 Å². The van der Waals surface area contributed by atoms with E-state index in [2.05, 4.69) is 0 Å². The van der Waals surface area contributed by atoms with Gasteiger partial charge in [0.15, 0.2) is 0 Å². The molecular weight excluding hydrogens is 380 g/mol. The normalized spacial score (nSPS) is 10.7. The van der Waals surface area contributed by atoms with Crippen molar-refractivity contribution in [2.24, 2.45) is 0 Å². The van der Waals surface area contributed by atoms with Crippen LogP contribution in [-0.4, -0.2) is 32.6 Å². The van der Waals surface area contributed by atoms with E-state index < -0.39 is 6.16 Å². The van der Waals surface area contributed by atoms with Crippen molar-refractivity contribution < 1.29 is 23.7 Å². The average molecular weight is 402 g/mol. The minimum absolute atomic E-state index is 0.108. The van der Waals surface area contributed by atoms with Gasteiger partial charge in [0.2, 0.25) is 0 Å². The first kappa shape index (κ1) is 19.6. The van der Waals surface area contributed by atoms with Crippen LogP contribution in [0, 0.1) is 0 Å². The number of carbonyl (C=O) groups is 1. The summed E-state index contributed by atoms with van der Waals surface area (Å²) >= 11 is 0. The van der Waals surface area contributed by atoms with Gasteiger partial charge in [-0.25, -0.2) is 4.79 Å². The van der Waals surface area contributed by atoms with E-state index in [0.29, 0.717) is 0 Å². The minimum atomic E-state index is -0.737. The zero-order chi connectivity index (χ0) is 20.6. The molecule has 0 saturated carbocycles. The van der Waals surface area contributed by atoms with Crippen LogP contribution < -0.4 is 9.47 Å². The van der Waals surface area contributed by atoms with E-state index in [0.717, 1.165) is 33.0 Å². The van der Waals surface area contributed by atoms with Crippen molar-refractivity contribution in [2.45, 2.75) is 0 Å². The molecule has 4 aromatic carbocycles. The number of hydrogen-bond donors (Lipinski definition) is 0. The predicted molar refractivity (Wildman–Crippen MR) is 116 cm³/mol. The Labute approximate surface area is 174 Å². The highest BCUT2D eigenvalue weighted by molar-refractivity contribution is 5.84. The largest absolute Gasteiger partial charge is 0.508 e. The van der Waals surface area contributed by atoms with E-state index in [1.807, 2.05) is 84.9 Å². The Bertz CT molecular complexity index is 1050. The second-order valence-electron chi connectivity index (χ2n) is 6.66. The maximum Gasteiger partial charge on any atom is 0.508 e. The van der Waals surface area contributed by atoms with Crippen LogP contribution in [0.4, 0.5) is 4.79 Å². The number of benzene rings is 4. The van der Waals surface area contributed by atoms with Crippen molar-refractivity contribution in [2.75, 3.05) is 26.4 Å². The van der Waals surface area contributed by atoms with Gasteiger partial charge < -0.3 is 18.9 Å². The van der Waals surface area contributed by atoms with E-state index in [1.54, 1.807) is 0 Å². The van der Waals surface area contributed by atoms with Crippen LogP contribution in [0.2, 0.25) is 0 Å². The molecule has 0 aliphatic rings. The molecule has 0 saturated heterocycles. The lowest BCUT2D eigenvalue weighted by atomic mass is 10.1. The Morgan fingerprint density at radius 3 is 1.43 bits per heavy atom. The summed E-state index contributed by atoms with van der Waals surface area (Å²) in [6.07, 6.45) is -0.737. The molecule has 0 heterocycles. The Morgan fingerprint density at radius 1 is 0.533 bits per heavy atom. The zero-order valence-corrected chi connectivity index (χ0v) is 16.5. The van der Waals surface area contributed by atoms with Crippen molar-refractivity contribution >= 4 is 27.7 Å². The molecule has 0 atom stereocenters. The van der Waals surface area contributed by atoms with Crippen molar-refractivity contribution in [1.82, 2.24) is 0 Å².